The average Bonchev–Trinajstić information content (AvgIpc) is 3.08. The number of methoxy groups -OCH3 is 1. The Labute approximate surface area is 146 Å². The van der Waals surface area contributed by atoms with Crippen LogP contribution in [0.3, 0.4) is 0 Å². The summed E-state index contributed by atoms with van der Waals surface area (Å²) in [7, 11) is 1.57. The number of rotatable bonds is 7. The number of nitrogens with one attached hydrogen (secondary N) is 2. The lowest BCUT2D eigenvalue weighted by molar-refractivity contribution is -0.124. The molecule has 2 N–H and O–H groups in total. The van der Waals surface area contributed by atoms with Crippen LogP contribution < -0.4 is 14.8 Å². The van der Waals surface area contributed by atoms with Crippen LogP contribution in [-0.4, -0.2) is 29.6 Å². The van der Waals surface area contributed by atoms with Gasteiger partial charge in [-0.15, -0.1) is 0 Å². The Morgan fingerprint density at radius 1 is 1.16 bits per heavy atom. The van der Waals surface area contributed by atoms with Gasteiger partial charge in [-0.05, 0) is 30.7 Å². The predicted molar refractivity (Wildman–Crippen MR) is 95.8 cm³/mol. The third-order valence-corrected chi connectivity index (χ3v) is 3.91. The van der Waals surface area contributed by atoms with Gasteiger partial charge in [0.1, 0.15) is 5.82 Å². The second kappa shape index (κ2) is 7.70. The minimum atomic E-state index is -0.210. The van der Waals surface area contributed by atoms with Crippen LogP contribution >= 0.6 is 0 Å². The highest BCUT2D eigenvalue weighted by Gasteiger charge is 2.17. The second-order valence-electron chi connectivity index (χ2n) is 5.61. The third-order valence-electron chi connectivity index (χ3n) is 3.91. The van der Waals surface area contributed by atoms with E-state index >= 15 is 0 Å². The highest BCUT2D eigenvalue weighted by Crippen LogP contribution is 2.25. The molecule has 1 aromatic heterocycles. The van der Waals surface area contributed by atoms with Crippen molar-refractivity contribution in [2.75, 3.05) is 13.7 Å². The van der Waals surface area contributed by atoms with Crippen LogP contribution in [0.5, 0.6) is 11.5 Å². The first-order chi connectivity index (χ1) is 12.2. The Balaban J connectivity index is 1.64. The van der Waals surface area contributed by atoms with Crippen LogP contribution in [0, 0.1) is 0 Å². The van der Waals surface area contributed by atoms with Gasteiger partial charge >= 0.3 is 0 Å². The normalized spacial score (nSPS) is 11.9. The van der Waals surface area contributed by atoms with Crippen molar-refractivity contribution in [2.45, 2.75) is 19.4 Å². The van der Waals surface area contributed by atoms with Gasteiger partial charge in [-0.1, -0.05) is 31.2 Å². The molecule has 0 aliphatic heterocycles. The van der Waals surface area contributed by atoms with Gasteiger partial charge in [0.25, 0.3) is 5.91 Å². The Morgan fingerprint density at radius 3 is 2.60 bits per heavy atom. The molecule has 0 spiro atoms. The van der Waals surface area contributed by atoms with Crippen molar-refractivity contribution in [2.24, 2.45) is 0 Å². The molecule has 0 bridgehead atoms. The van der Waals surface area contributed by atoms with Crippen molar-refractivity contribution in [3.63, 3.8) is 0 Å². The van der Waals surface area contributed by atoms with E-state index in [0.717, 1.165) is 23.3 Å². The topological polar surface area (TPSA) is 76.2 Å². The SMILES string of the molecule is CCC(NC(=O)COc1ccccc1OC)c1nc2ccccc2[nH]1. The number of amides is 1. The number of ether oxygens (including phenoxy) is 2. The van der Waals surface area contributed by atoms with Crippen molar-refractivity contribution in [3.05, 3.63) is 54.4 Å². The molecule has 1 heterocycles. The number of fused-ring (bicyclic) bond motifs is 1. The van der Waals surface area contributed by atoms with E-state index in [1.54, 1.807) is 19.2 Å². The minimum absolute atomic E-state index is 0.0862. The number of para-hydroxylation sites is 4. The molecular formula is C19H21N3O3. The van der Waals surface area contributed by atoms with Gasteiger partial charge in [-0.25, -0.2) is 4.98 Å². The maximum atomic E-state index is 12.3. The van der Waals surface area contributed by atoms with Crippen LogP contribution in [0.2, 0.25) is 0 Å². The van der Waals surface area contributed by atoms with Crippen LogP contribution in [0.1, 0.15) is 25.2 Å². The smallest absolute Gasteiger partial charge is 0.258 e. The lowest BCUT2D eigenvalue weighted by Crippen LogP contribution is -2.33. The molecule has 0 fully saturated rings. The number of hydrogen-bond donors (Lipinski definition) is 2. The summed E-state index contributed by atoms with van der Waals surface area (Å²) >= 11 is 0. The number of hydrogen-bond acceptors (Lipinski definition) is 4. The quantitative estimate of drug-likeness (QED) is 0.693. The Bertz CT molecular complexity index is 827. The summed E-state index contributed by atoms with van der Waals surface area (Å²) in [6.07, 6.45) is 0.722. The van der Waals surface area contributed by atoms with E-state index in [0.29, 0.717) is 11.5 Å². The van der Waals surface area contributed by atoms with Gasteiger partial charge in [-0.2, -0.15) is 0 Å². The summed E-state index contributed by atoms with van der Waals surface area (Å²) in [5.74, 6) is 1.67. The Hall–Kier alpha value is -3.02. The molecule has 6 heteroatoms. The fourth-order valence-corrected chi connectivity index (χ4v) is 2.62. The van der Waals surface area contributed by atoms with Crippen molar-refractivity contribution in [1.29, 1.82) is 0 Å². The zero-order chi connectivity index (χ0) is 17.6. The second-order valence-corrected chi connectivity index (χ2v) is 5.61. The maximum Gasteiger partial charge on any atom is 0.258 e. The maximum absolute atomic E-state index is 12.3. The Morgan fingerprint density at radius 2 is 1.88 bits per heavy atom. The number of nitrogens with zero attached hydrogens (tertiary/aromatic N) is 1. The van der Waals surface area contributed by atoms with E-state index in [1.807, 2.05) is 43.3 Å². The molecule has 6 nitrogen and oxygen atoms in total. The summed E-state index contributed by atoms with van der Waals surface area (Å²) in [5.41, 5.74) is 1.84. The molecule has 2 aromatic carbocycles. The van der Waals surface area contributed by atoms with E-state index in [9.17, 15) is 4.79 Å². The number of carbonyl (C=O) groups is 1. The molecule has 1 amide bonds. The first-order valence-electron chi connectivity index (χ1n) is 8.21. The molecule has 0 radical (unpaired) electrons. The van der Waals surface area contributed by atoms with Crippen LogP contribution in [0.4, 0.5) is 0 Å². The first kappa shape index (κ1) is 16.8. The van der Waals surface area contributed by atoms with Crippen molar-refractivity contribution in [1.82, 2.24) is 15.3 Å². The van der Waals surface area contributed by atoms with Gasteiger partial charge in [0.05, 0.1) is 24.2 Å². The Kier molecular flexibility index (Phi) is 5.18. The van der Waals surface area contributed by atoms with Gasteiger partial charge in [0, 0.05) is 0 Å². The highest BCUT2D eigenvalue weighted by atomic mass is 16.5. The number of aromatic nitrogens is 2. The molecule has 3 rings (SSSR count). The third kappa shape index (κ3) is 3.91. The zero-order valence-corrected chi connectivity index (χ0v) is 14.3. The van der Waals surface area contributed by atoms with Gasteiger partial charge in [0.2, 0.25) is 0 Å². The number of benzene rings is 2. The lowest BCUT2D eigenvalue weighted by Gasteiger charge is -2.15. The van der Waals surface area contributed by atoms with Crippen LogP contribution in [0.15, 0.2) is 48.5 Å². The predicted octanol–water partition coefficient (Wildman–Crippen LogP) is 3.22. The van der Waals surface area contributed by atoms with Gasteiger partial charge < -0.3 is 19.8 Å². The number of aromatic amines is 1. The zero-order valence-electron chi connectivity index (χ0n) is 14.3. The molecule has 0 aliphatic rings. The molecule has 130 valence electrons. The van der Waals surface area contributed by atoms with Crippen LogP contribution in [0.25, 0.3) is 11.0 Å². The molecule has 0 saturated carbocycles. The lowest BCUT2D eigenvalue weighted by atomic mass is 10.2. The standard InChI is InChI=1S/C19H21N3O3/c1-3-13(19-21-14-8-4-5-9-15(14)22-19)20-18(23)12-25-17-11-7-6-10-16(17)24-2/h4-11,13H,3,12H2,1-2H3,(H,20,23)(H,21,22). The fourth-order valence-electron chi connectivity index (χ4n) is 2.62. The molecule has 3 aromatic rings. The monoisotopic (exact) mass is 339 g/mol. The average molecular weight is 339 g/mol. The summed E-state index contributed by atoms with van der Waals surface area (Å²) in [6.45, 7) is 1.91. The van der Waals surface area contributed by atoms with Crippen molar-refractivity contribution in [3.8, 4) is 11.5 Å². The van der Waals surface area contributed by atoms with Crippen molar-refractivity contribution >= 4 is 16.9 Å². The molecule has 25 heavy (non-hydrogen) atoms. The summed E-state index contributed by atoms with van der Waals surface area (Å²) in [4.78, 5) is 20.1. The first-order valence-corrected chi connectivity index (χ1v) is 8.21. The van der Waals surface area contributed by atoms with E-state index < -0.39 is 0 Å². The van der Waals surface area contributed by atoms with Crippen molar-refractivity contribution < 1.29 is 14.3 Å². The summed E-state index contributed by atoms with van der Waals surface area (Å²) in [6, 6.07) is 14.8. The molecule has 1 atom stereocenters. The minimum Gasteiger partial charge on any atom is -0.493 e. The number of imidazole rings is 1. The van der Waals surface area contributed by atoms with E-state index in [4.69, 9.17) is 9.47 Å². The van der Waals surface area contributed by atoms with E-state index in [-0.39, 0.29) is 18.6 Å². The van der Waals surface area contributed by atoms with E-state index in [1.165, 1.54) is 0 Å². The summed E-state index contributed by atoms with van der Waals surface area (Å²) < 4.78 is 10.8. The van der Waals surface area contributed by atoms with E-state index in [2.05, 4.69) is 15.3 Å². The molecule has 1 unspecified atom stereocenters. The summed E-state index contributed by atoms with van der Waals surface area (Å²) in [5, 5.41) is 2.95. The number of H-pyrrole nitrogens is 1. The van der Waals surface area contributed by atoms with Gasteiger partial charge in [-0.3, -0.25) is 4.79 Å². The van der Waals surface area contributed by atoms with Gasteiger partial charge in [0.15, 0.2) is 18.1 Å². The largest absolute Gasteiger partial charge is 0.493 e. The molecule has 0 saturated heterocycles. The fraction of sp³-hybridized carbons (Fsp3) is 0.263. The molecule has 0 aliphatic carbocycles. The van der Waals surface area contributed by atoms with Crippen LogP contribution in [-0.2, 0) is 4.79 Å². The highest BCUT2D eigenvalue weighted by molar-refractivity contribution is 5.78. The molecular weight excluding hydrogens is 318 g/mol. The number of carbonyl (C=O) groups excluding carboxylic acids is 1.